The molecule has 0 heterocycles. The van der Waals surface area contributed by atoms with Crippen molar-refractivity contribution in [1.29, 1.82) is 0 Å². The van der Waals surface area contributed by atoms with Gasteiger partial charge in [-0.15, -0.1) is 0 Å². The summed E-state index contributed by atoms with van der Waals surface area (Å²) < 4.78 is 0. The molecule has 0 radical (unpaired) electrons. The van der Waals surface area contributed by atoms with Crippen LogP contribution in [0.1, 0.15) is 39.8 Å². The predicted molar refractivity (Wildman–Crippen MR) is 157 cm³/mol. The average molecular weight is 481 g/mol. The monoisotopic (exact) mass is 480 g/mol. The van der Waals surface area contributed by atoms with E-state index in [9.17, 15) is 0 Å². The van der Waals surface area contributed by atoms with Crippen LogP contribution in [-0.2, 0) is 0 Å². The first kappa shape index (κ1) is 24.7. The number of allylic oxidation sites excluding steroid dienone is 4. The molecule has 0 unspecified atom stereocenters. The quantitative estimate of drug-likeness (QED) is 0.282. The Morgan fingerprint density at radius 2 is 0.735 bits per heavy atom. The van der Waals surface area contributed by atoms with E-state index in [1.54, 1.807) is 10.4 Å². The fourth-order valence-electron chi connectivity index (χ4n) is 6.12. The molecule has 1 aliphatic carbocycles. The maximum absolute atomic E-state index is 2.59. The van der Waals surface area contributed by atoms with E-state index in [1.807, 2.05) is 0 Å². The van der Waals surface area contributed by atoms with Gasteiger partial charge in [0.15, 0.2) is 8.07 Å². The molecule has 0 fully saturated rings. The van der Waals surface area contributed by atoms with Gasteiger partial charge in [-0.3, -0.25) is 0 Å². The smallest absolute Gasteiger partial charge is 0.0816 e. The Morgan fingerprint density at radius 3 is 1.03 bits per heavy atom. The van der Waals surface area contributed by atoms with Crippen molar-refractivity contribution < 1.29 is 0 Å². The van der Waals surface area contributed by atoms with Crippen molar-refractivity contribution in [2.45, 2.75) is 67.6 Å². The van der Waals surface area contributed by atoms with E-state index in [1.165, 1.54) is 48.9 Å². The van der Waals surface area contributed by atoms with E-state index in [-0.39, 0.29) is 0 Å². The Bertz CT molecular complexity index is 1130. The molecule has 0 saturated carbocycles. The predicted octanol–water partition coefficient (Wildman–Crippen LogP) is 6.68. The summed E-state index contributed by atoms with van der Waals surface area (Å²) in [7, 11) is -4.07. The number of hydrogen-bond acceptors (Lipinski definition) is 0. The van der Waals surface area contributed by atoms with E-state index in [2.05, 4.69) is 128 Å². The first-order chi connectivity index (χ1) is 15.9. The molecule has 0 aliphatic heterocycles. The maximum atomic E-state index is 2.59. The molecule has 0 saturated heterocycles. The van der Waals surface area contributed by atoms with Crippen molar-refractivity contribution in [2.24, 2.45) is 0 Å². The summed E-state index contributed by atoms with van der Waals surface area (Å²) in [6.45, 7) is 21.1. The van der Waals surface area contributed by atoms with Crippen LogP contribution in [-0.4, -0.2) is 16.1 Å². The summed E-state index contributed by atoms with van der Waals surface area (Å²) in [4.78, 5) is 0. The average Bonchev–Trinajstić information content (AvgIpc) is 3.17. The Kier molecular flexibility index (Phi) is 6.52. The van der Waals surface area contributed by atoms with Crippen LogP contribution in [0.15, 0.2) is 77.1 Å². The summed E-state index contributed by atoms with van der Waals surface area (Å²) in [6, 6.07) is 21.9. The van der Waals surface area contributed by atoms with Gasteiger partial charge in [-0.25, -0.2) is 0 Å². The lowest BCUT2D eigenvalue weighted by Crippen LogP contribution is -2.69. The van der Waals surface area contributed by atoms with Crippen LogP contribution in [0.25, 0.3) is 0 Å². The van der Waals surface area contributed by atoms with Crippen molar-refractivity contribution in [1.82, 2.24) is 0 Å². The summed E-state index contributed by atoms with van der Waals surface area (Å²) in [6.07, 6.45) is 6.20. The van der Waals surface area contributed by atoms with Crippen molar-refractivity contribution in [3.63, 3.8) is 0 Å². The molecule has 3 aromatic rings. The first-order valence-corrected chi connectivity index (χ1v) is 18.1. The third kappa shape index (κ3) is 4.46. The standard InChI is InChI=1S/C32H40Si2/c1-22-13-23(2)17-28(16-22)34(29-18-24(3)14-25(4)19-29,30-20-26(5)15-27(6)21-30)32-12-10-11-31(32)33(7,8)9/h11-21H,10H2,1-9H3. The zero-order valence-corrected chi connectivity index (χ0v) is 24.6. The lowest BCUT2D eigenvalue weighted by atomic mass is 10.1. The summed E-state index contributed by atoms with van der Waals surface area (Å²) in [5.41, 5.74) is 8.15. The first-order valence-electron chi connectivity index (χ1n) is 12.6. The highest BCUT2D eigenvalue weighted by atomic mass is 28.3. The van der Waals surface area contributed by atoms with E-state index in [4.69, 9.17) is 0 Å². The Balaban J connectivity index is 2.24. The third-order valence-electron chi connectivity index (χ3n) is 7.11. The molecule has 0 amide bonds. The number of benzene rings is 3. The topological polar surface area (TPSA) is 0 Å². The van der Waals surface area contributed by atoms with E-state index < -0.39 is 16.1 Å². The Labute approximate surface area is 209 Å². The minimum absolute atomic E-state index is 1.06. The number of hydrogen-bond donors (Lipinski definition) is 0. The molecule has 0 bridgehead atoms. The molecule has 0 aromatic heterocycles. The van der Waals surface area contributed by atoms with Gasteiger partial charge in [-0.1, -0.05) is 125 Å². The van der Waals surface area contributed by atoms with Crippen LogP contribution < -0.4 is 15.6 Å². The highest BCUT2D eigenvalue weighted by Crippen LogP contribution is 2.35. The van der Waals surface area contributed by atoms with Crippen molar-refractivity contribution in [3.8, 4) is 0 Å². The molecule has 0 atom stereocenters. The lowest BCUT2D eigenvalue weighted by Gasteiger charge is -2.40. The fourth-order valence-corrected chi connectivity index (χ4v) is 15.0. The van der Waals surface area contributed by atoms with E-state index in [0.717, 1.165) is 6.42 Å². The van der Waals surface area contributed by atoms with Gasteiger partial charge in [-0.2, -0.15) is 0 Å². The van der Waals surface area contributed by atoms with Crippen LogP contribution in [0.5, 0.6) is 0 Å². The largest absolute Gasteiger partial charge is 0.179 e. The van der Waals surface area contributed by atoms with Gasteiger partial charge in [-0.05, 0) is 68.7 Å². The number of rotatable bonds is 5. The van der Waals surface area contributed by atoms with Gasteiger partial charge in [0.1, 0.15) is 0 Å². The highest BCUT2D eigenvalue weighted by Gasteiger charge is 2.47. The molecule has 0 N–H and O–H groups in total. The molecular formula is C32H40Si2. The van der Waals surface area contributed by atoms with Crippen LogP contribution in [0, 0.1) is 41.5 Å². The summed E-state index contributed by atoms with van der Waals surface area (Å²) in [5.74, 6) is 0. The van der Waals surface area contributed by atoms with Crippen molar-refractivity contribution in [3.05, 3.63) is 111 Å². The Hall–Kier alpha value is -2.43. The fraction of sp³-hybridized carbons (Fsp3) is 0.312. The van der Waals surface area contributed by atoms with Gasteiger partial charge in [0.05, 0.1) is 8.07 Å². The molecule has 3 aromatic carbocycles. The van der Waals surface area contributed by atoms with Gasteiger partial charge >= 0.3 is 0 Å². The maximum Gasteiger partial charge on any atom is 0.179 e. The van der Waals surface area contributed by atoms with Gasteiger partial charge in [0.2, 0.25) is 0 Å². The molecule has 4 rings (SSSR count). The molecule has 34 heavy (non-hydrogen) atoms. The second-order valence-electron chi connectivity index (χ2n) is 11.6. The molecular weight excluding hydrogens is 441 g/mol. The van der Waals surface area contributed by atoms with Crippen LogP contribution >= 0.6 is 0 Å². The molecule has 0 nitrogen and oxygen atoms in total. The second kappa shape index (κ2) is 8.98. The van der Waals surface area contributed by atoms with Gasteiger partial charge in [0, 0.05) is 0 Å². The molecule has 2 heteroatoms. The minimum atomic E-state index is -2.52. The van der Waals surface area contributed by atoms with Crippen LogP contribution in [0.2, 0.25) is 19.6 Å². The van der Waals surface area contributed by atoms with Gasteiger partial charge in [0.25, 0.3) is 0 Å². The van der Waals surface area contributed by atoms with Crippen molar-refractivity contribution >= 4 is 31.7 Å². The zero-order chi connectivity index (χ0) is 24.8. The summed E-state index contributed by atoms with van der Waals surface area (Å²) in [5, 5.41) is 7.88. The molecule has 0 spiro atoms. The van der Waals surface area contributed by atoms with Crippen LogP contribution in [0.4, 0.5) is 0 Å². The van der Waals surface area contributed by atoms with E-state index in [0.29, 0.717) is 0 Å². The SMILES string of the molecule is Cc1cc(C)cc([Si](C2=CCC=C2[Si](C)(C)C)(c2cc(C)cc(C)c2)c2cc(C)cc(C)c2)c1. The highest BCUT2D eigenvalue weighted by molar-refractivity contribution is 7.18. The zero-order valence-electron chi connectivity index (χ0n) is 22.6. The second-order valence-corrected chi connectivity index (χ2v) is 20.4. The lowest BCUT2D eigenvalue weighted by molar-refractivity contribution is 1.38. The Morgan fingerprint density at radius 1 is 0.441 bits per heavy atom. The van der Waals surface area contributed by atoms with Crippen molar-refractivity contribution in [2.75, 3.05) is 0 Å². The van der Waals surface area contributed by atoms with Crippen LogP contribution in [0.3, 0.4) is 0 Å². The van der Waals surface area contributed by atoms with E-state index >= 15 is 0 Å². The summed E-state index contributed by atoms with van der Waals surface area (Å²) >= 11 is 0. The third-order valence-corrected chi connectivity index (χ3v) is 14.2. The number of aryl methyl sites for hydroxylation is 6. The minimum Gasteiger partial charge on any atom is -0.0816 e. The molecule has 176 valence electrons. The molecule has 1 aliphatic rings. The van der Waals surface area contributed by atoms with Gasteiger partial charge < -0.3 is 0 Å². The normalized spacial score (nSPS) is 14.3.